The van der Waals surface area contributed by atoms with Gasteiger partial charge in [-0.3, -0.25) is 14.9 Å². The third kappa shape index (κ3) is 3.59. The molecule has 0 heterocycles. The van der Waals surface area contributed by atoms with Gasteiger partial charge in [-0.05, 0) is 46.3 Å². The van der Waals surface area contributed by atoms with E-state index in [0.29, 0.717) is 10.2 Å². The second-order valence-electron chi connectivity index (χ2n) is 4.11. The van der Waals surface area contributed by atoms with E-state index in [1.165, 1.54) is 18.2 Å². The average molecular weight is 415 g/mol. The minimum Gasteiger partial charge on any atom is -0.393 e. The molecule has 21 heavy (non-hydrogen) atoms. The summed E-state index contributed by atoms with van der Waals surface area (Å²) < 4.78 is 1.58. The number of carbonyl (C=O) groups excluding carboxylic acids is 1. The Labute approximate surface area is 136 Å². The number of hydrogen-bond acceptors (Lipinski definition) is 4. The summed E-state index contributed by atoms with van der Waals surface area (Å²) in [5.74, 6) is -0.403. The molecule has 0 saturated heterocycles. The first kappa shape index (κ1) is 15.5. The molecule has 0 atom stereocenters. The Balaban J connectivity index is 2.24. The molecule has 0 aliphatic carbocycles. The maximum absolute atomic E-state index is 12.1. The fraction of sp³-hybridized carbons (Fsp3) is 0. The molecule has 2 aromatic carbocycles. The molecule has 0 saturated carbocycles. The highest BCUT2D eigenvalue weighted by atomic mass is 79.9. The molecule has 6 nitrogen and oxygen atoms in total. The first-order valence-electron chi connectivity index (χ1n) is 5.69. The average Bonchev–Trinajstić information content (AvgIpc) is 2.41. The van der Waals surface area contributed by atoms with E-state index < -0.39 is 10.8 Å². The van der Waals surface area contributed by atoms with E-state index in [9.17, 15) is 14.9 Å². The molecule has 2 aromatic rings. The zero-order chi connectivity index (χ0) is 15.6. The van der Waals surface area contributed by atoms with Crippen LogP contribution in [0, 0.1) is 10.1 Å². The van der Waals surface area contributed by atoms with Crippen LogP contribution >= 0.6 is 31.9 Å². The quantitative estimate of drug-likeness (QED) is 0.451. The van der Waals surface area contributed by atoms with E-state index in [-0.39, 0.29) is 16.9 Å². The molecule has 3 N–H and O–H groups in total. The molecule has 0 spiro atoms. The van der Waals surface area contributed by atoms with Gasteiger partial charge in [0.15, 0.2) is 0 Å². The Hall–Kier alpha value is -1.93. The van der Waals surface area contributed by atoms with Crippen molar-refractivity contribution in [2.75, 3.05) is 11.1 Å². The van der Waals surface area contributed by atoms with Gasteiger partial charge in [0.1, 0.15) is 5.69 Å². The van der Waals surface area contributed by atoms with Gasteiger partial charge in [-0.15, -0.1) is 0 Å². The number of halogens is 2. The van der Waals surface area contributed by atoms with Crippen LogP contribution in [0.25, 0.3) is 0 Å². The van der Waals surface area contributed by atoms with Crippen molar-refractivity contribution < 1.29 is 9.72 Å². The number of nitro benzene ring substituents is 1. The molecule has 8 heteroatoms. The number of amides is 1. The van der Waals surface area contributed by atoms with E-state index in [1.54, 1.807) is 18.2 Å². The van der Waals surface area contributed by atoms with Crippen LogP contribution < -0.4 is 11.1 Å². The molecule has 0 aromatic heterocycles. The highest BCUT2D eigenvalue weighted by molar-refractivity contribution is 9.11. The van der Waals surface area contributed by atoms with Crippen LogP contribution in [0.2, 0.25) is 0 Å². The first-order chi connectivity index (χ1) is 9.88. The predicted molar refractivity (Wildman–Crippen MR) is 87.3 cm³/mol. The lowest BCUT2D eigenvalue weighted by Gasteiger charge is -2.08. The molecule has 108 valence electrons. The minimum atomic E-state index is -0.595. The van der Waals surface area contributed by atoms with E-state index in [4.69, 9.17) is 5.73 Å². The molecule has 0 aliphatic rings. The topological polar surface area (TPSA) is 98.3 Å². The van der Waals surface area contributed by atoms with Crippen LogP contribution in [0.4, 0.5) is 17.1 Å². The zero-order valence-electron chi connectivity index (χ0n) is 10.5. The summed E-state index contributed by atoms with van der Waals surface area (Å²) in [6, 6.07) is 9.14. The van der Waals surface area contributed by atoms with E-state index in [0.717, 1.165) is 4.47 Å². The van der Waals surface area contributed by atoms with Gasteiger partial charge in [-0.25, -0.2) is 0 Å². The number of anilines is 2. The van der Waals surface area contributed by atoms with Crippen molar-refractivity contribution in [2.45, 2.75) is 0 Å². The van der Waals surface area contributed by atoms with Gasteiger partial charge in [0.25, 0.3) is 11.6 Å². The summed E-state index contributed by atoms with van der Waals surface area (Å²) in [4.78, 5) is 22.2. The van der Waals surface area contributed by atoms with Gasteiger partial charge in [0, 0.05) is 20.6 Å². The number of rotatable bonds is 3. The number of nitrogens with two attached hydrogens (primary N) is 1. The van der Waals surface area contributed by atoms with Gasteiger partial charge >= 0.3 is 0 Å². The van der Waals surface area contributed by atoms with Crippen molar-refractivity contribution in [2.24, 2.45) is 0 Å². The Morgan fingerprint density at radius 1 is 1.19 bits per heavy atom. The van der Waals surface area contributed by atoms with E-state index in [1.807, 2.05) is 0 Å². The molecular weight excluding hydrogens is 406 g/mol. The molecular formula is C13H9Br2N3O3. The third-order valence-corrected chi connectivity index (χ3v) is 3.82. The van der Waals surface area contributed by atoms with Crippen LogP contribution in [-0.4, -0.2) is 10.8 Å². The Kier molecular flexibility index (Phi) is 4.59. The summed E-state index contributed by atoms with van der Waals surface area (Å²) in [6.45, 7) is 0. The number of hydrogen-bond donors (Lipinski definition) is 2. The lowest BCUT2D eigenvalue weighted by atomic mass is 10.1. The van der Waals surface area contributed by atoms with Crippen molar-refractivity contribution in [3.63, 3.8) is 0 Å². The molecule has 1 amide bonds. The third-order valence-electron chi connectivity index (χ3n) is 2.67. The van der Waals surface area contributed by atoms with Crippen LogP contribution in [0.3, 0.4) is 0 Å². The lowest BCUT2D eigenvalue weighted by molar-refractivity contribution is -0.383. The number of carbonyl (C=O) groups is 1. The molecule has 2 rings (SSSR count). The summed E-state index contributed by atoms with van der Waals surface area (Å²) >= 11 is 6.65. The van der Waals surface area contributed by atoms with Crippen molar-refractivity contribution in [3.8, 4) is 0 Å². The monoisotopic (exact) mass is 413 g/mol. The second kappa shape index (κ2) is 6.23. The molecule has 0 aliphatic heterocycles. The molecule has 0 fully saturated rings. The van der Waals surface area contributed by atoms with Crippen molar-refractivity contribution in [1.82, 2.24) is 0 Å². The number of nitrogen functional groups attached to an aromatic ring is 1. The first-order valence-corrected chi connectivity index (χ1v) is 7.27. The number of nitro groups is 1. The number of nitrogens with zero attached hydrogens (tertiary/aromatic N) is 1. The van der Waals surface area contributed by atoms with E-state index in [2.05, 4.69) is 37.2 Å². The van der Waals surface area contributed by atoms with E-state index >= 15 is 0 Å². The van der Waals surface area contributed by atoms with Crippen LogP contribution in [-0.2, 0) is 0 Å². The maximum Gasteiger partial charge on any atom is 0.292 e. The fourth-order valence-electron chi connectivity index (χ4n) is 1.65. The standard InChI is InChI=1S/C13H9Br2N3O3/c14-8-2-3-11(9(15)6-8)17-13(19)7-1-4-12(18(20)21)10(16)5-7/h1-6H,16H2,(H,17,19). The predicted octanol–water partition coefficient (Wildman–Crippen LogP) is 3.95. The fourth-order valence-corrected chi connectivity index (χ4v) is 2.79. The largest absolute Gasteiger partial charge is 0.393 e. The smallest absolute Gasteiger partial charge is 0.292 e. The van der Waals surface area contributed by atoms with Crippen LogP contribution in [0.5, 0.6) is 0 Å². The van der Waals surface area contributed by atoms with Crippen LogP contribution in [0.15, 0.2) is 45.3 Å². The van der Waals surface area contributed by atoms with Gasteiger partial charge in [0.2, 0.25) is 0 Å². The van der Waals surface area contributed by atoms with Gasteiger partial charge in [-0.2, -0.15) is 0 Å². The van der Waals surface area contributed by atoms with Crippen LogP contribution in [0.1, 0.15) is 10.4 Å². The Morgan fingerprint density at radius 2 is 1.90 bits per heavy atom. The summed E-state index contributed by atoms with van der Waals surface area (Å²) in [5.41, 5.74) is 6.11. The minimum absolute atomic E-state index is 0.0532. The number of benzene rings is 2. The summed E-state index contributed by atoms with van der Waals surface area (Å²) in [7, 11) is 0. The normalized spacial score (nSPS) is 10.2. The Bertz CT molecular complexity index is 735. The maximum atomic E-state index is 12.1. The lowest BCUT2D eigenvalue weighted by Crippen LogP contribution is -2.13. The van der Waals surface area contributed by atoms with Gasteiger partial charge in [0.05, 0.1) is 10.6 Å². The SMILES string of the molecule is Nc1cc(C(=O)Nc2ccc(Br)cc2Br)ccc1[N+](=O)[O-]. The second-order valence-corrected chi connectivity index (χ2v) is 5.88. The highest BCUT2D eigenvalue weighted by Gasteiger charge is 2.15. The molecule has 0 unspecified atom stereocenters. The van der Waals surface area contributed by atoms with Gasteiger partial charge < -0.3 is 11.1 Å². The summed E-state index contributed by atoms with van der Waals surface area (Å²) in [6.07, 6.45) is 0. The van der Waals surface area contributed by atoms with Crippen molar-refractivity contribution in [3.05, 3.63) is 61.0 Å². The van der Waals surface area contributed by atoms with Crippen molar-refractivity contribution >= 4 is 54.8 Å². The van der Waals surface area contributed by atoms with Crippen molar-refractivity contribution in [1.29, 1.82) is 0 Å². The highest BCUT2D eigenvalue weighted by Crippen LogP contribution is 2.27. The molecule has 0 radical (unpaired) electrons. The molecule has 0 bridgehead atoms. The van der Waals surface area contributed by atoms with Gasteiger partial charge in [-0.1, -0.05) is 15.9 Å². The number of nitrogens with one attached hydrogen (secondary N) is 1. The summed E-state index contributed by atoms with van der Waals surface area (Å²) in [5, 5.41) is 13.4. The Morgan fingerprint density at radius 3 is 2.48 bits per heavy atom. The zero-order valence-corrected chi connectivity index (χ0v) is 13.6.